The van der Waals surface area contributed by atoms with Gasteiger partial charge in [-0.15, -0.1) is 5.10 Å². The van der Waals surface area contributed by atoms with Crippen LogP contribution < -0.4 is 0 Å². The molecule has 0 bridgehead atoms. The lowest BCUT2D eigenvalue weighted by Crippen LogP contribution is -2.41. The molecule has 3 atom stereocenters. The summed E-state index contributed by atoms with van der Waals surface area (Å²) in [5.41, 5.74) is 7.59. The van der Waals surface area contributed by atoms with Crippen LogP contribution in [0.4, 0.5) is 0 Å². The molecule has 1 aromatic heterocycles. The van der Waals surface area contributed by atoms with Crippen LogP contribution in [0.5, 0.6) is 0 Å². The van der Waals surface area contributed by atoms with Gasteiger partial charge in [0.15, 0.2) is 8.32 Å². The smallest absolute Gasteiger partial charge is 0.306 e. The van der Waals surface area contributed by atoms with E-state index in [2.05, 4.69) is 96.2 Å². The second-order valence-electron chi connectivity index (χ2n) is 13.0. The maximum atomic E-state index is 13.4. The molecular formula is C34H47N3O3Si. The van der Waals surface area contributed by atoms with Crippen molar-refractivity contribution in [2.75, 3.05) is 6.61 Å². The van der Waals surface area contributed by atoms with Crippen LogP contribution in [0.15, 0.2) is 65.8 Å². The third-order valence-electron chi connectivity index (χ3n) is 9.19. The molecule has 0 saturated heterocycles. The highest BCUT2D eigenvalue weighted by Gasteiger charge is 2.38. The molecule has 41 heavy (non-hydrogen) atoms. The van der Waals surface area contributed by atoms with Gasteiger partial charge in [0, 0.05) is 12.5 Å². The Morgan fingerprint density at radius 2 is 1.76 bits per heavy atom. The Morgan fingerprint density at radius 1 is 1.05 bits per heavy atom. The van der Waals surface area contributed by atoms with Crippen molar-refractivity contribution in [1.82, 2.24) is 15.0 Å². The monoisotopic (exact) mass is 573 g/mol. The van der Waals surface area contributed by atoms with Crippen molar-refractivity contribution in [3.8, 4) is 0 Å². The highest BCUT2D eigenvalue weighted by atomic mass is 28.4. The zero-order chi connectivity index (χ0) is 29.9. The lowest BCUT2D eigenvalue weighted by molar-refractivity contribution is -0.145. The minimum Gasteiger partial charge on any atom is -0.461 e. The van der Waals surface area contributed by atoms with Gasteiger partial charge in [0.05, 0.1) is 18.5 Å². The molecule has 6 nitrogen and oxygen atoms in total. The van der Waals surface area contributed by atoms with Crippen LogP contribution in [-0.4, -0.2) is 35.9 Å². The largest absolute Gasteiger partial charge is 0.461 e. The van der Waals surface area contributed by atoms with Gasteiger partial charge in [-0.05, 0) is 84.6 Å². The molecule has 220 valence electrons. The summed E-state index contributed by atoms with van der Waals surface area (Å²) in [5, 5.41) is 9.01. The van der Waals surface area contributed by atoms with E-state index in [0.29, 0.717) is 6.61 Å². The number of aromatic nitrogens is 3. The number of carbonyl (C=O) groups is 1. The predicted octanol–water partition coefficient (Wildman–Crippen LogP) is 8.14. The van der Waals surface area contributed by atoms with Crippen LogP contribution in [0, 0.1) is 18.8 Å². The van der Waals surface area contributed by atoms with Crippen LogP contribution in [0.1, 0.15) is 70.6 Å². The first-order valence-corrected chi connectivity index (χ1v) is 17.8. The SMILES string of the molecule is CCn1nnc2c(C)c([C@@H](CC(=O)OCc3ccccc3)C3C=C(CO[Si](C)(C)C(C)(C)C)C(C)=CC3C)ccc21. The maximum Gasteiger partial charge on any atom is 0.306 e. The Morgan fingerprint density at radius 3 is 2.41 bits per heavy atom. The number of carbonyl (C=O) groups excluding carboxylic acids is 1. The van der Waals surface area contributed by atoms with E-state index in [-0.39, 0.29) is 41.8 Å². The van der Waals surface area contributed by atoms with Gasteiger partial charge in [0.1, 0.15) is 12.1 Å². The van der Waals surface area contributed by atoms with Crippen molar-refractivity contribution in [2.24, 2.45) is 11.8 Å². The summed E-state index contributed by atoms with van der Waals surface area (Å²) in [6.07, 6.45) is 5.00. The summed E-state index contributed by atoms with van der Waals surface area (Å²) in [6, 6.07) is 14.1. The number of esters is 1. The number of aryl methyl sites for hydroxylation is 2. The van der Waals surface area contributed by atoms with Gasteiger partial charge in [0.2, 0.25) is 0 Å². The second kappa shape index (κ2) is 12.5. The zero-order valence-corrected chi connectivity index (χ0v) is 27.3. The molecule has 0 N–H and O–H groups in total. The van der Waals surface area contributed by atoms with E-state index in [9.17, 15) is 4.79 Å². The fourth-order valence-electron chi connectivity index (χ4n) is 5.50. The molecule has 0 fully saturated rings. The first-order chi connectivity index (χ1) is 19.3. The molecular weight excluding hydrogens is 526 g/mol. The van der Waals surface area contributed by atoms with Gasteiger partial charge in [0.25, 0.3) is 0 Å². The highest BCUT2D eigenvalue weighted by molar-refractivity contribution is 6.74. The Kier molecular flexibility index (Phi) is 9.39. The molecule has 0 amide bonds. The molecule has 0 saturated carbocycles. The van der Waals surface area contributed by atoms with Crippen molar-refractivity contribution < 1.29 is 14.0 Å². The van der Waals surface area contributed by atoms with Crippen LogP contribution in [0.3, 0.4) is 0 Å². The molecule has 4 rings (SSSR count). The predicted molar refractivity (Wildman–Crippen MR) is 169 cm³/mol. The van der Waals surface area contributed by atoms with Crippen molar-refractivity contribution in [1.29, 1.82) is 0 Å². The number of rotatable bonds is 10. The van der Waals surface area contributed by atoms with Gasteiger partial charge in [-0.1, -0.05) is 81.5 Å². The first kappa shape index (κ1) is 30.9. The molecule has 1 aliphatic rings. The summed E-state index contributed by atoms with van der Waals surface area (Å²) >= 11 is 0. The van der Waals surface area contributed by atoms with E-state index in [1.54, 1.807) is 0 Å². The number of allylic oxidation sites excluding steroid dienone is 2. The van der Waals surface area contributed by atoms with E-state index in [1.807, 2.05) is 35.0 Å². The topological polar surface area (TPSA) is 66.2 Å². The molecule has 2 unspecified atom stereocenters. The molecule has 0 aliphatic heterocycles. The van der Waals surface area contributed by atoms with E-state index in [4.69, 9.17) is 9.16 Å². The third kappa shape index (κ3) is 6.89. The third-order valence-corrected chi connectivity index (χ3v) is 13.7. The van der Waals surface area contributed by atoms with E-state index in [0.717, 1.165) is 34.3 Å². The summed E-state index contributed by atoms with van der Waals surface area (Å²) in [5.74, 6) is 0.0940. The van der Waals surface area contributed by atoms with Gasteiger partial charge in [-0.25, -0.2) is 4.68 Å². The van der Waals surface area contributed by atoms with Crippen LogP contribution in [0.25, 0.3) is 11.0 Å². The van der Waals surface area contributed by atoms with E-state index in [1.165, 1.54) is 11.1 Å². The minimum absolute atomic E-state index is 0.0725. The summed E-state index contributed by atoms with van der Waals surface area (Å²) in [6.45, 7) is 21.6. The second-order valence-corrected chi connectivity index (χ2v) is 17.8. The standard InChI is InChI=1S/C34H47N3O3Si/c1-10-37-31-17-16-28(25(4)33(31)35-36-37)30(20-32(38)39-21-26-14-12-11-13-15-26)29-19-27(23(2)18-24(29)3)22-40-41(8,9)34(5,6)7/h11-19,24,29-30H,10,20-22H2,1-9H3/t24?,29?,30-/m1/s1. The van der Waals surface area contributed by atoms with E-state index >= 15 is 0 Å². The molecule has 0 spiro atoms. The van der Waals surface area contributed by atoms with Crippen molar-refractivity contribution >= 4 is 25.3 Å². The number of hydrogen-bond donors (Lipinski definition) is 0. The Labute approximate surface area is 247 Å². The molecule has 1 heterocycles. The molecule has 1 aliphatic carbocycles. The highest BCUT2D eigenvalue weighted by Crippen LogP contribution is 2.43. The average Bonchev–Trinajstić information content (AvgIpc) is 3.35. The van der Waals surface area contributed by atoms with Gasteiger partial charge >= 0.3 is 5.97 Å². The number of nitrogens with zero attached hydrogens (tertiary/aromatic N) is 3. The maximum absolute atomic E-state index is 13.4. The average molecular weight is 574 g/mol. The number of hydrogen-bond acceptors (Lipinski definition) is 5. The van der Waals surface area contributed by atoms with Crippen LogP contribution in [-0.2, 0) is 27.1 Å². The minimum atomic E-state index is -1.92. The number of ether oxygens (including phenoxy) is 1. The molecule has 0 radical (unpaired) electrons. The van der Waals surface area contributed by atoms with Crippen LogP contribution in [0.2, 0.25) is 18.1 Å². The molecule has 7 heteroatoms. The van der Waals surface area contributed by atoms with Crippen molar-refractivity contribution in [2.45, 2.75) is 92.1 Å². The molecule has 2 aromatic carbocycles. The summed E-state index contributed by atoms with van der Waals surface area (Å²) < 4.78 is 14.4. The first-order valence-electron chi connectivity index (χ1n) is 14.9. The number of benzene rings is 2. The normalized spacial score (nSPS) is 18.7. The van der Waals surface area contributed by atoms with Crippen LogP contribution >= 0.6 is 0 Å². The zero-order valence-electron chi connectivity index (χ0n) is 26.3. The Hall–Kier alpha value is -3.03. The lowest BCUT2D eigenvalue weighted by Gasteiger charge is -2.38. The summed E-state index contributed by atoms with van der Waals surface area (Å²) in [4.78, 5) is 13.4. The Balaban J connectivity index is 1.68. The fraction of sp³-hybridized carbons (Fsp3) is 0.500. The fourth-order valence-corrected chi connectivity index (χ4v) is 6.44. The van der Waals surface area contributed by atoms with Crippen molar-refractivity contribution in [3.63, 3.8) is 0 Å². The number of fused-ring (bicyclic) bond motifs is 1. The van der Waals surface area contributed by atoms with Gasteiger partial charge in [-0.3, -0.25) is 4.79 Å². The van der Waals surface area contributed by atoms with Crippen molar-refractivity contribution in [3.05, 3.63) is 82.5 Å². The van der Waals surface area contributed by atoms with Gasteiger partial charge < -0.3 is 9.16 Å². The van der Waals surface area contributed by atoms with Gasteiger partial charge in [-0.2, -0.15) is 0 Å². The lowest BCUT2D eigenvalue weighted by atomic mass is 9.71. The quantitative estimate of drug-likeness (QED) is 0.181. The molecule has 3 aromatic rings. The Bertz CT molecular complexity index is 1430. The van der Waals surface area contributed by atoms with E-state index < -0.39 is 8.32 Å². The summed E-state index contributed by atoms with van der Waals surface area (Å²) in [7, 11) is -1.92.